The molecule has 0 saturated carbocycles. The molecule has 0 spiro atoms. The van der Waals surface area contributed by atoms with E-state index in [1.54, 1.807) is 12.1 Å². The van der Waals surface area contributed by atoms with Gasteiger partial charge in [0.05, 0.1) is 12.2 Å². The van der Waals surface area contributed by atoms with E-state index in [9.17, 15) is 4.79 Å². The van der Waals surface area contributed by atoms with Crippen LogP contribution in [0.2, 0.25) is 0 Å². The minimum atomic E-state index is -0.350. The van der Waals surface area contributed by atoms with E-state index in [0.717, 1.165) is 36.3 Å². The second-order valence-electron chi connectivity index (χ2n) is 7.04. The minimum absolute atomic E-state index is 0.350. The summed E-state index contributed by atoms with van der Waals surface area (Å²) in [6, 6.07) is 23.1. The maximum absolute atomic E-state index is 12.4. The van der Waals surface area contributed by atoms with Crippen LogP contribution >= 0.6 is 0 Å². The van der Waals surface area contributed by atoms with Gasteiger partial charge in [0.15, 0.2) is 0 Å². The molecule has 150 valence electrons. The Balaban J connectivity index is 1.59. The van der Waals surface area contributed by atoms with Crippen molar-refractivity contribution in [2.45, 2.75) is 39.5 Å². The number of ether oxygens (including phenoxy) is 2. The summed E-state index contributed by atoms with van der Waals surface area (Å²) in [4.78, 5) is 12.4. The highest BCUT2D eigenvalue weighted by Crippen LogP contribution is 2.23. The summed E-state index contributed by atoms with van der Waals surface area (Å²) in [5.74, 6) is 1.10. The monoisotopic (exact) mass is 388 g/mol. The van der Waals surface area contributed by atoms with Crippen LogP contribution in [0.15, 0.2) is 72.8 Å². The van der Waals surface area contributed by atoms with Crippen molar-refractivity contribution in [1.82, 2.24) is 0 Å². The smallest absolute Gasteiger partial charge is 0.343 e. The SMILES string of the molecule is CCCCCOc1ccc(-c2ccc(C(=O)Oc3ccc(CC)cc3)cc2)cc1. The van der Waals surface area contributed by atoms with Crippen molar-refractivity contribution in [1.29, 1.82) is 0 Å². The maximum Gasteiger partial charge on any atom is 0.343 e. The Morgan fingerprint density at radius 2 is 1.31 bits per heavy atom. The Kier molecular flexibility index (Phi) is 7.46. The molecule has 3 heteroatoms. The van der Waals surface area contributed by atoms with Gasteiger partial charge in [-0.1, -0.05) is 63.1 Å². The summed E-state index contributed by atoms with van der Waals surface area (Å²) in [5.41, 5.74) is 3.88. The lowest BCUT2D eigenvalue weighted by Gasteiger charge is -2.08. The largest absolute Gasteiger partial charge is 0.494 e. The van der Waals surface area contributed by atoms with E-state index < -0.39 is 0 Å². The third-order valence-corrected chi connectivity index (χ3v) is 4.87. The lowest BCUT2D eigenvalue weighted by atomic mass is 10.0. The molecule has 3 aromatic carbocycles. The van der Waals surface area contributed by atoms with Gasteiger partial charge in [-0.05, 0) is 65.9 Å². The fourth-order valence-corrected chi connectivity index (χ4v) is 3.04. The highest BCUT2D eigenvalue weighted by Gasteiger charge is 2.09. The molecule has 0 amide bonds. The molecular formula is C26H28O3. The first-order valence-corrected chi connectivity index (χ1v) is 10.3. The predicted molar refractivity (Wildman–Crippen MR) is 118 cm³/mol. The topological polar surface area (TPSA) is 35.5 Å². The molecule has 0 heterocycles. The fraction of sp³-hybridized carbons (Fsp3) is 0.269. The summed E-state index contributed by atoms with van der Waals surface area (Å²) in [7, 11) is 0. The number of unbranched alkanes of at least 4 members (excludes halogenated alkanes) is 2. The van der Waals surface area contributed by atoms with E-state index in [2.05, 4.69) is 13.8 Å². The van der Waals surface area contributed by atoms with Gasteiger partial charge in [0.1, 0.15) is 11.5 Å². The molecule has 3 aromatic rings. The van der Waals surface area contributed by atoms with Gasteiger partial charge in [-0.3, -0.25) is 0 Å². The highest BCUT2D eigenvalue weighted by molar-refractivity contribution is 5.91. The second kappa shape index (κ2) is 10.5. The number of aryl methyl sites for hydroxylation is 1. The number of carbonyl (C=O) groups is 1. The Bertz CT molecular complexity index is 894. The van der Waals surface area contributed by atoms with E-state index in [1.807, 2.05) is 60.7 Å². The van der Waals surface area contributed by atoms with E-state index in [0.29, 0.717) is 11.3 Å². The van der Waals surface area contributed by atoms with Crippen LogP contribution in [0.1, 0.15) is 49.0 Å². The van der Waals surface area contributed by atoms with Crippen LogP contribution in [0.3, 0.4) is 0 Å². The van der Waals surface area contributed by atoms with Gasteiger partial charge < -0.3 is 9.47 Å². The van der Waals surface area contributed by atoms with Crippen molar-refractivity contribution in [3.8, 4) is 22.6 Å². The van der Waals surface area contributed by atoms with Crippen molar-refractivity contribution < 1.29 is 14.3 Å². The zero-order valence-electron chi connectivity index (χ0n) is 17.2. The normalized spacial score (nSPS) is 10.6. The molecule has 3 nitrogen and oxygen atoms in total. The van der Waals surface area contributed by atoms with Crippen LogP contribution in [0.5, 0.6) is 11.5 Å². The molecule has 0 aliphatic heterocycles. The number of hydrogen-bond donors (Lipinski definition) is 0. The number of benzene rings is 3. The van der Waals surface area contributed by atoms with Gasteiger partial charge in [0.25, 0.3) is 0 Å². The standard InChI is InChI=1S/C26H28O3/c1-3-5-6-19-28-24-17-13-22(14-18-24)21-9-11-23(12-10-21)26(27)29-25-15-7-20(4-2)8-16-25/h7-18H,3-6,19H2,1-2H3. The summed E-state index contributed by atoms with van der Waals surface area (Å²) >= 11 is 0. The van der Waals surface area contributed by atoms with Gasteiger partial charge in [0, 0.05) is 0 Å². The van der Waals surface area contributed by atoms with Crippen molar-refractivity contribution in [3.05, 3.63) is 83.9 Å². The predicted octanol–water partition coefficient (Wildman–Crippen LogP) is 6.70. The summed E-state index contributed by atoms with van der Waals surface area (Å²) in [5, 5.41) is 0. The first-order valence-electron chi connectivity index (χ1n) is 10.3. The molecule has 0 aliphatic carbocycles. The lowest BCUT2D eigenvalue weighted by molar-refractivity contribution is 0.0735. The average Bonchev–Trinajstić information content (AvgIpc) is 2.78. The Morgan fingerprint density at radius 1 is 0.724 bits per heavy atom. The highest BCUT2D eigenvalue weighted by atomic mass is 16.5. The van der Waals surface area contributed by atoms with Crippen LogP contribution in [-0.2, 0) is 6.42 Å². The third kappa shape index (κ3) is 5.95. The molecule has 0 radical (unpaired) electrons. The molecule has 0 fully saturated rings. The number of rotatable bonds is 9. The van der Waals surface area contributed by atoms with Crippen molar-refractivity contribution in [2.75, 3.05) is 6.61 Å². The molecule has 0 atom stereocenters. The van der Waals surface area contributed by atoms with E-state index in [4.69, 9.17) is 9.47 Å². The Morgan fingerprint density at radius 3 is 1.90 bits per heavy atom. The first kappa shape index (κ1) is 20.7. The first-order chi connectivity index (χ1) is 14.2. The summed E-state index contributed by atoms with van der Waals surface area (Å²) in [6.45, 7) is 5.03. The molecule has 0 saturated heterocycles. The van der Waals surface area contributed by atoms with E-state index in [1.165, 1.54) is 18.4 Å². The number of hydrogen-bond acceptors (Lipinski definition) is 3. The van der Waals surface area contributed by atoms with Gasteiger partial charge in [0.2, 0.25) is 0 Å². The van der Waals surface area contributed by atoms with E-state index in [-0.39, 0.29) is 5.97 Å². The second-order valence-corrected chi connectivity index (χ2v) is 7.04. The van der Waals surface area contributed by atoms with Crippen molar-refractivity contribution in [2.24, 2.45) is 0 Å². The minimum Gasteiger partial charge on any atom is -0.494 e. The van der Waals surface area contributed by atoms with Crippen LogP contribution in [0.4, 0.5) is 0 Å². The maximum atomic E-state index is 12.4. The average molecular weight is 389 g/mol. The lowest BCUT2D eigenvalue weighted by Crippen LogP contribution is -2.08. The van der Waals surface area contributed by atoms with Crippen molar-refractivity contribution >= 4 is 5.97 Å². The molecule has 0 bridgehead atoms. The molecule has 0 aliphatic rings. The van der Waals surface area contributed by atoms with Gasteiger partial charge in [-0.2, -0.15) is 0 Å². The number of esters is 1. The van der Waals surface area contributed by atoms with E-state index >= 15 is 0 Å². The third-order valence-electron chi connectivity index (χ3n) is 4.87. The zero-order chi connectivity index (χ0) is 20.5. The van der Waals surface area contributed by atoms with Crippen molar-refractivity contribution in [3.63, 3.8) is 0 Å². The van der Waals surface area contributed by atoms with Crippen LogP contribution in [0.25, 0.3) is 11.1 Å². The molecule has 3 rings (SSSR count). The molecular weight excluding hydrogens is 360 g/mol. The molecule has 29 heavy (non-hydrogen) atoms. The van der Waals surface area contributed by atoms with Crippen LogP contribution in [0, 0.1) is 0 Å². The molecule has 0 unspecified atom stereocenters. The van der Waals surface area contributed by atoms with Gasteiger partial charge >= 0.3 is 5.97 Å². The Labute approximate surface area is 173 Å². The Hall–Kier alpha value is -3.07. The van der Waals surface area contributed by atoms with Gasteiger partial charge in [-0.15, -0.1) is 0 Å². The quantitative estimate of drug-likeness (QED) is 0.232. The molecule has 0 N–H and O–H groups in total. The van der Waals surface area contributed by atoms with Gasteiger partial charge in [-0.25, -0.2) is 4.79 Å². The zero-order valence-corrected chi connectivity index (χ0v) is 17.2. The summed E-state index contributed by atoms with van der Waals surface area (Å²) < 4.78 is 11.2. The van der Waals surface area contributed by atoms with Crippen LogP contribution in [-0.4, -0.2) is 12.6 Å². The fourth-order valence-electron chi connectivity index (χ4n) is 3.04. The van der Waals surface area contributed by atoms with Crippen LogP contribution < -0.4 is 9.47 Å². The number of carbonyl (C=O) groups excluding carboxylic acids is 1. The molecule has 0 aromatic heterocycles. The summed E-state index contributed by atoms with van der Waals surface area (Å²) in [6.07, 6.45) is 4.42.